The SMILES string of the molecule is COCCc1nc2cc(C=O)cnc2n1-c1ccc(OC)cc1. The quantitative estimate of drug-likeness (QED) is 0.654. The molecule has 0 unspecified atom stereocenters. The Morgan fingerprint density at radius 2 is 2.00 bits per heavy atom. The maximum Gasteiger partial charge on any atom is 0.164 e. The van der Waals surface area contributed by atoms with Crippen molar-refractivity contribution in [2.75, 3.05) is 20.8 Å². The van der Waals surface area contributed by atoms with Gasteiger partial charge in [0.2, 0.25) is 0 Å². The van der Waals surface area contributed by atoms with Crippen LogP contribution >= 0.6 is 0 Å². The number of benzene rings is 1. The van der Waals surface area contributed by atoms with Gasteiger partial charge in [-0.3, -0.25) is 9.36 Å². The summed E-state index contributed by atoms with van der Waals surface area (Å²) in [5, 5.41) is 0. The first-order chi connectivity index (χ1) is 11.3. The van der Waals surface area contributed by atoms with Gasteiger partial charge in [-0.2, -0.15) is 0 Å². The van der Waals surface area contributed by atoms with Crippen molar-refractivity contribution >= 4 is 17.5 Å². The summed E-state index contributed by atoms with van der Waals surface area (Å²) in [6.45, 7) is 0.556. The minimum Gasteiger partial charge on any atom is -0.497 e. The molecule has 3 aromatic rings. The molecule has 0 atom stereocenters. The molecule has 3 rings (SSSR count). The molecule has 0 spiro atoms. The van der Waals surface area contributed by atoms with E-state index in [4.69, 9.17) is 9.47 Å². The second kappa shape index (κ2) is 6.58. The predicted molar refractivity (Wildman–Crippen MR) is 86.4 cm³/mol. The van der Waals surface area contributed by atoms with Gasteiger partial charge in [-0.1, -0.05) is 0 Å². The van der Waals surface area contributed by atoms with Crippen LogP contribution in [0.15, 0.2) is 36.5 Å². The van der Waals surface area contributed by atoms with Gasteiger partial charge >= 0.3 is 0 Å². The lowest BCUT2D eigenvalue weighted by Crippen LogP contribution is -2.05. The van der Waals surface area contributed by atoms with Crippen molar-refractivity contribution in [3.8, 4) is 11.4 Å². The molecule has 2 heterocycles. The number of carbonyl (C=O) groups excluding carboxylic acids is 1. The van der Waals surface area contributed by atoms with Gasteiger partial charge in [-0.15, -0.1) is 0 Å². The maximum absolute atomic E-state index is 10.9. The number of carbonyl (C=O) groups is 1. The molecule has 0 amide bonds. The molecule has 2 aromatic heterocycles. The zero-order valence-corrected chi connectivity index (χ0v) is 13.0. The van der Waals surface area contributed by atoms with Gasteiger partial charge in [0.15, 0.2) is 11.9 Å². The van der Waals surface area contributed by atoms with E-state index in [9.17, 15) is 4.79 Å². The van der Waals surface area contributed by atoms with E-state index < -0.39 is 0 Å². The van der Waals surface area contributed by atoms with Crippen LogP contribution in [-0.2, 0) is 11.2 Å². The average molecular weight is 311 g/mol. The molecule has 0 fully saturated rings. The number of imidazole rings is 1. The lowest BCUT2D eigenvalue weighted by molar-refractivity contribution is 0.112. The number of fused-ring (bicyclic) bond motifs is 1. The van der Waals surface area contributed by atoms with Crippen LogP contribution in [-0.4, -0.2) is 41.6 Å². The monoisotopic (exact) mass is 311 g/mol. The summed E-state index contributed by atoms with van der Waals surface area (Å²) in [4.78, 5) is 20.0. The highest BCUT2D eigenvalue weighted by atomic mass is 16.5. The van der Waals surface area contributed by atoms with Crippen LogP contribution in [0, 0.1) is 0 Å². The van der Waals surface area contributed by atoms with E-state index in [-0.39, 0.29) is 0 Å². The van der Waals surface area contributed by atoms with Gasteiger partial charge in [-0.25, -0.2) is 9.97 Å². The van der Waals surface area contributed by atoms with Gasteiger partial charge in [0.25, 0.3) is 0 Å². The summed E-state index contributed by atoms with van der Waals surface area (Å²) in [6, 6.07) is 9.42. The normalized spacial score (nSPS) is 10.9. The highest BCUT2D eigenvalue weighted by molar-refractivity contribution is 5.83. The second-order valence-corrected chi connectivity index (χ2v) is 5.03. The lowest BCUT2D eigenvalue weighted by atomic mass is 10.2. The van der Waals surface area contributed by atoms with Crippen molar-refractivity contribution in [2.45, 2.75) is 6.42 Å². The summed E-state index contributed by atoms with van der Waals surface area (Å²) in [5.74, 6) is 1.62. The van der Waals surface area contributed by atoms with Crippen molar-refractivity contribution in [2.24, 2.45) is 0 Å². The largest absolute Gasteiger partial charge is 0.497 e. The fourth-order valence-electron chi connectivity index (χ4n) is 2.46. The molecule has 0 bridgehead atoms. The third kappa shape index (κ3) is 2.93. The molecule has 1 aromatic carbocycles. The second-order valence-electron chi connectivity index (χ2n) is 5.03. The Bertz CT molecular complexity index is 825. The zero-order chi connectivity index (χ0) is 16.2. The Kier molecular flexibility index (Phi) is 4.34. The van der Waals surface area contributed by atoms with Crippen molar-refractivity contribution in [3.63, 3.8) is 0 Å². The Labute approximate surface area is 133 Å². The number of rotatable bonds is 6. The molecule has 0 aliphatic heterocycles. The van der Waals surface area contributed by atoms with Gasteiger partial charge in [-0.05, 0) is 30.3 Å². The van der Waals surface area contributed by atoms with Crippen LogP contribution < -0.4 is 4.74 Å². The molecule has 0 aliphatic rings. The molecule has 23 heavy (non-hydrogen) atoms. The van der Waals surface area contributed by atoms with E-state index in [1.807, 2.05) is 28.8 Å². The first kappa shape index (κ1) is 15.2. The maximum atomic E-state index is 10.9. The average Bonchev–Trinajstić information content (AvgIpc) is 2.97. The van der Waals surface area contributed by atoms with Crippen molar-refractivity contribution in [1.82, 2.24) is 14.5 Å². The number of ether oxygens (including phenoxy) is 2. The summed E-state index contributed by atoms with van der Waals surface area (Å²) < 4.78 is 12.3. The summed E-state index contributed by atoms with van der Waals surface area (Å²) >= 11 is 0. The number of aromatic nitrogens is 3. The van der Waals surface area contributed by atoms with Crippen LogP contribution in [0.2, 0.25) is 0 Å². The van der Waals surface area contributed by atoms with Crippen molar-refractivity contribution in [1.29, 1.82) is 0 Å². The Balaban J connectivity index is 2.15. The molecule has 0 saturated heterocycles. The summed E-state index contributed by atoms with van der Waals surface area (Å²) in [7, 11) is 3.29. The predicted octanol–water partition coefficient (Wildman–Crippen LogP) is 2.43. The number of nitrogens with zero attached hydrogens (tertiary/aromatic N) is 3. The first-order valence-electron chi connectivity index (χ1n) is 7.22. The van der Waals surface area contributed by atoms with E-state index in [0.717, 1.165) is 23.5 Å². The topological polar surface area (TPSA) is 66.2 Å². The van der Waals surface area contributed by atoms with E-state index in [2.05, 4.69) is 9.97 Å². The molecule has 0 N–H and O–H groups in total. The third-order valence-corrected chi connectivity index (χ3v) is 3.58. The zero-order valence-electron chi connectivity index (χ0n) is 13.0. The van der Waals surface area contributed by atoms with E-state index in [1.165, 1.54) is 0 Å². The smallest absolute Gasteiger partial charge is 0.164 e. The molecule has 0 aliphatic carbocycles. The van der Waals surface area contributed by atoms with Crippen LogP contribution in [0.1, 0.15) is 16.2 Å². The van der Waals surface area contributed by atoms with Gasteiger partial charge in [0, 0.05) is 31.0 Å². The Hall–Kier alpha value is -2.73. The Morgan fingerprint density at radius 1 is 1.22 bits per heavy atom. The fourth-order valence-corrected chi connectivity index (χ4v) is 2.46. The fraction of sp³-hybridized carbons (Fsp3) is 0.235. The molecule has 6 heteroatoms. The van der Waals surface area contributed by atoms with Crippen LogP contribution in [0.5, 0.6) is 5.75 Å². The minimum atomic E-state index is 0.509. The highest BCUT2D eigenvalue weighted by Crippen LogP contribution is 2.23. The van der Waals surface area contributed by atoms with Crippen LogP contribution in [0.4, 0.5) is 0 Å². The first-order valence-corrected chi connectivity index (χ1v) is 7.22. The third-order valence-electron chi connectivity index (χ3n) is 3.58. The highest BCUT2D eigenvalue weighted by Gasteiger charge is 2.14. The molecule has 6 nitrogen and oxygen atoms in total. The number of hydrogen-bond acceptors (Lipinski definition) is 5. The molecular formula is C17H17N3O3. The van der Waals surface area contributed by atoms with E-state index in [1.54, 1.807) is 26.5 Å². The molecule has 0 radical (unpaired) electrons. The van der Waals surface area contributed by atoms with Gasteiger partial charge in [0.1, 0.15) is 17.1 Å². The van der Waals surface area contributed by atoms with Crippen LogP contribution in [0.3, 0.4) is 0 Å². The van der Waals surface area contributed by atoms with E-state index in [0.29, 0.717) is 29.8 Å². The number of pyridine rings is 1. The Morgan fingerprint density at radius 3 is 2.65 bits per heavy atom. The number of methoxy groups -OCH3 is 2. The van der Waals surface area contributed by atoms with Crippen molar-refractivity contribution in [3.05, 3.63) is 47.9 Å². The molecule has 0 saturated carbocycles. The standard InChI is InChI=1S/C17H17N3O3/c1-22-8-7-16-19-15-9-12(11-21)10-18-17(15)20(16)13-3-5-14(23-2)6-4-13/h3-6,9-11H,7-8H2,1-2H3. The summed E-state index contributed by atoms with van der Waals surface area (Å²) in [6.07, 6.45) is 2.97. The number of aldehydes is 1. The lowest BCUT2D eigenvalue weighted by Gasteiger charge is -2.09. The van der Waals surface area contributed by atoms with E-state index >= 15 is 0 Å². The number of hydrogen-bond donors (Lipinski definition) is 0. The van der Waals surface area contributed by atoms with Crippen molar-refractivity contribution < 1.29 is 14.3 Å². The van der Waals surface area contributed by atoms with Crippen LogP contribution in [0.25, 0.3) is 16.9 Å². The van der Waals surface area contributed by atoms with Gasteiger partial charge < -0.3 is 9.47 Å². The minimum absolute atomic E-state index is 0.509. The molecule has 118 valence electrons. The summed E-state index contributed by atoms with van der Waals surface area (Å²) in [5.41, 5.74) is 2.85. The van der Waals surface area contributed by atoms with Gasteiger partial charge in [0.05, 0.1) is 13.7 Å². The molecular weight excluding hydrogens is 294 g/mol.